The Kier molecular flexibility index (Phi) is 6.17. The van der Waals surface area contributed by atoms with Crippen molar-refractivity contribution in [3.63, 3.8) is 0 Å². The van der Waals surface area contributed by atoms with Gasteiger partial charge in [-0.05, 0) is 13.3 Å². The van der Waals surface area contributed by atoms with Gasteiger partial charge in [-0.2, -0.15) is 0 Å². The van der Waals surface area contributed by atoms with E-state index in [-0.39, 0.29) is 36.4 Å². The van der Waals surface area contributed by atoms with Crippen LogP contribution in [0.5, 0.6) is 0 Å². The molecule has 0 aromatic rings. The summed E-state index contributed by atoms with van der Waals surface area (Å²) in [5, 5.41) is 0. The Morgan fingerprint density at radius 1 is 1.53 bits per heavy atom. The van der Waals surface area contributed by atoms with Crippen molar-refractivity contribution in [2.45, 2.75) is 32.4 Å². The summed E-state index contributed by atoms with van der Waals surface area (Å²) in [6.07, 6.45) is 1.15. The fourth-order valence-corrected chi connectivity index (χ4v) is 1.63. The Bertz CT molecular complexity index is 212. The zero-order valence-electron chi connectivity index (χ0n) is 9.60. The largest absolute Gasteiger partial charge is 0.380 e. The van der Waals surface area contributed by atoms with Gasteiger partial charge in [0, 0.05) is 26.2 Å². The van der Waals surface area contributed by atoms with Crippen LogP contribution in [-0.4, -0.2) is 43.2 Å². The van der Waals surface area contributed by atoms with Gasteiger partial charge in [0.2, 0.25) is 5.91 Å². The summed E-state index contributed by atoms with van der Waals surface area (Å²) in [7, 11) is 1.69. The molecule has 1 rings (SSSR count). The number of halogens is 1. The van der Waals surface area contributed by atoms with Crippen molar-refractivity contribution in [1.82, 2.24) is 4.90 Å². The lowest BCUT2D eigenvalue weighted by molar-refractivity contribution is -0.134. The van der Waals surface area contributed by atoms with Crippen LogP contribution in [0.1, 0.15) is 20.3 Å². The summed E-state index contributed by atoms with van der Waals surface area (Å²) in [5.74, 6) is 0.0603. The molecule has 0 spiro atoms. The van der Waals surface area contributed by atoms with Crippen molar-refractivity contribution in [2.24, 2.45) is 11.7 Å². The molecular weight excluding hydrogens is 216 g/mol. The number of amides is 1. The average Bonchev–Trinajstić information content (AvgIpc) is 2.63. The highest BCUT2D eigenvalue weighted by Crippen LogP contribution is 2.15. The van der Waals surface area contributed by atoms with Crippen molar-refractivity contribution in [2.75, 3.05) is 20.2 Å². The van der Waals surface area contributed by atoms with E-state index in [0.717, 1.165) is 13.0 Å². The number of carbonyl (C=O) groups is 1. The second-order valence-corrected chi connectivity index (χ2v) is 4.08. The minimum Gasteiger partial charge on any atom is -0.380 e. The second-order valence-electron chi connectivity index (χ2n) is 4.08. The van der Waals surface area contributed by atoms with E-state index in [2.05, 4.69) is 0 Å². The van der Waals surface area contributed by atoms with Crippen LogP contribution in [0.4, 0.5) is 0 Å². The maximum atomic E-state index is 11.8. The van der Waals surface area contributed by atoms with Crippen LogP contribution >= 0.6 is 12.4 Å². The van der Waals surface area contributed by atoms with Crippen LogP contribution in [-0.2, 0) is 9.53 Å². The molecule has 0 aliphatic carbocycles. The summed E-state index contributed by atoms with van der Waals surface area (Å²) >= 11 is 0. The highest BCUT2D eigenvalue weighted by atomic mass is 35.5. The quantitative estimate of drug-likeness (QED) is 0.783. The molecule has 1 fully saturated rings. The lowest BCUT2D eigenvalue weighted by Crippen LogP contribution is -2.41. The van der Waals surface area contributed by atoms with Crippen LogP contribution in [0.2, 0.25) is 0 Å². The molecule has 1 aliphatic heterocycles. The molecule has 1 saturated heterocycles. The Hall–Kier alpha value is -0.320. The van der Waals surface area contributed by atoms with Crippen molar-refractivity contribution in [3.8, 4) is 0 Å². The number of carbonyl (C=O) groups excluding carboxylic acids is 1. The molecule has 1 heterocycles. The molecule has 1 amide bonds. The number of rotatable bonds is 3. The van der Waals surface area contributed by atoms with E-state index in [4.69, 9.17) is 10.5 Å². The Balaban J connectivity index is 0.00000196. The Morgan fingerprint density at radius 2 is 2.13 bits per heavy atom. The molecule has 0 aromatic heterocycles. The van der Waals surface area contributed by atoms with Crippen molar-refractivity contribution in [3.05, 3.63) is 0 Å². The highest BCUT2D eigenvalue weighted by molar-refractivity contribution is 5.85. The molecule has 0 radical (unpaired) electrons. The summed E-state index contributed by atoms with van der Waals surface area (Å²) < 4.78 is 5.21. The smallest absolute Gasteiger partial charge is 0.227 e. The van der Waals surface area contributed by atoms with E-state index in [1.807, 2.05) is 18.7 Å². The monoisotopic (exact) mass is 236 g/mol. The first-order valence-electron chi connectivity index (χ1n) is 5.13. The number of ether oxygens (including phenoxy) is 1. The minimum atomic E-state index is -0.0920. The van der Waals surface area contributed by atoms with Crippen LogP contribution in [0.15, 0.2) is 0 Å². The van der Waals surface area contributed by atoms with Gasteiger partial charge in [0.1, 0.15) is 0 Å². The van der Waals surface area contributed by atoms with E-state index >= 15 is 0 Å². The van der Waals surface area contributed by atoms with E-state index in [0.29, 0.717) is 6.54 Å². The van der Waals surface area contributed by atoms with E-state index in [1.54, 1.807) is 7.11 Å². The average molecular weight is 237 g/mol. The van der Waals surface area contributed by atoms with Gasteiger partial charge in [-0.3, -0.25) is 4.79 Å². The second kappa shape index (κ2) is 6.30. The number of hydrogen-bond donors (Lipinski definition) is 1. The number of likely N-dealkylation sites (tertiary alicyclic amines) is 1. The summed E-state index contributed by atoms with van der Waals surface area (Å²) in [5.41, 5.74) is 5.69. The normalized spacial score (nSPS) is 24.5. The summed E-state index contributed by atoms with van der Waals surface area (Å²) in [6, 6.07) is -0.0795. The topological polar surface area (TPSA) is 55.6 Å². The lowest BCUT2D eigenvalue weighted by Gasteiger charge is -2.22. The molecule has 0 saturated carbocycles. The summed E-state index contributed by atoms with van der Waals surface area (Å²) in [6.45, 7) is 5.26. The standard InChI is InChI=1S/C10H20N2O2.ClH/c1-7(8(2)11)10(13)12-5-4-9(6-12)14-3;/h7-9H,4-6,11H2,1-3H3;1H/t7?,8?,9-;/m1./s1. The Morgan fingerprint density at radius 3 is 2.53 bits per heavy atom. The number of nitrogens with zero attached hydrogens (tertiary/aromatic N) is 1. The molecule has 2 N–H and O–H groups in total. The van der Waals surface area contributed by atoms with Gasteiger partial charge in [0.05, 0.1) is 12.0 Å². The van der Waals surface area contributed by atoms with Gasteiger partial charge >= 0.3 is 0 Å². The predicted octanol–water partition coefficient (Wildman–Crippen LogP) is 0.639. The van der Waals surface area contributed by atoms with Gasteiger partial charge < -0.3 is 15.4 Å². The van der Waals surface area contributed by atoms with Crippen molar-refractivity contribution in [1.29, 1.82) is 0 Å². The van der Waals surface area contributed by atoms with Gasteiger partial charge in [0.15, 0.2) is 0 Å². The zero-order chi connectivity index (χ0) is 10.7. The molecule has 2 unspecified atom stereocenters. The van der Waals surface area contributed by atoms with Gasteiger partial charge in [0.25, 0.3) is 0 Å². The number of methoxy groups -OCH3 is 1. The van der Waals surface area contributed by atoms with Crippen LogP contribution < -0.4 is 5.73 Å². The molecule has 0 bridgehead atoms. The SMILES string of the molecule is CO[C@@H]1CCN(C(=O)C(C)C(C)N)C1.Cl. The first-order chi connectivity index (χ1) is 6.56. The molecule has 4 nitrogen and oxygen atoms in total. The first-order valence-corrected chi connectivity index (χ1v) is 5.13. The predicted molar refractivity (Wildman–Crippen MR) is 62.1 cm³/mol. The molecule has 15 heavy (non-hydrogen) atoms. The van der Waals surface area contributed by atoms with Crippen molar-refractivity contribution < 1.29 is 9.53 Å². The third kappa shape index (κ3) is 3.63. The van der Waals surface area contributed by atoms with Crippen LogP contribution in [0.3, 0.4) is 0 Å². The third-order valence-corrected chi connectivity index (χ3v) is 2.97. The Labute approximate surface area is 97.5 Å². The first kappa shape index (κ1) is 14.7. The lowest BCUT2D eigenvalue weighted by atomic mass is 10.0. The third-order valence-electron chi connectivity index (χ3n) is 2.97. The molecule has 1 aliphatic rings. The highest BCUT2D eigenvalue weighted by Gasteiger charge is 2.29. The van der Waals surface area contributed by atoms with E-state index in [9.17, 15) is 4.79 Å². The maximum Gasteiger partial charge on any atom is 0.227 e. The molecule has 3 atom stereocenters. The fourth-order valence-electron chi connectivity index (χ4n) is 1.63. The minimum absolute atomic E-state index is 0. The summed E-state index contributed by atoms with van der Waals surface area (Å²) in [4.78, 5) is 13.7. The number of nitrogens with two attached hydrogens (primary N) is 1. The number of hydrogen-bond acceptors (Lipinski definition) is 3. The van der Waals surface area contributed by atoms with Crippen LogP contribution in [0, 0.1) is 5.92 Å². The molecule has 0 aromatic carbocycles. The molecule has 90 valence electrons. The van der Waals surface area contributed by atoms with E-state index < -0.39 is 0 Å². The van der Waals surface area contributed by atoms with Crippen molar-refractivity contribution >= 4 is 18.3 Å². The molecular formula is C10H21ClN2O2. The van der Waals surface area contributed by atoms with Gasteiger partial charge in [-0.25, -0.2) is 0 Å². The van der Waals surface area contributed by atoms with Crippen LogP contribution in [0.25, 0.3) is 0 Å². The zero-order valence-corrected chi connectivity index (χ0v) is 10.4. The van der Waals surface area contributed by atoms with Gasteiger partial charge in [-0.15, -0.1) is 12.4 Å². The maximum absolute atomic E-state index is 11.8. The molecule has 5 heteroatoms. The fraction of sp³-hybridized carbons (Fsp3) is 0.900. The van der Waals surface area contributed by atoms with Gasteiger partial charge in [-0.1, -0.05) is 6.92 Å². The van der Waals surface area contributed by atoms with E-state index in [1.165, 1.54) is 0 Å².